The molecule has 0 aliphatic rings. The van der Waals surface area contributed by atoms with E-state index < -0.39 is 0 Å². The average molecular weight is 344 g/mol. The number of pyridine rings is 1. The largest absolute Gasteiger partial charge is 0.304 e. The van der Waals surface area contributed by atoms with Gasteiger partial charge in [-0.25, -0.2) is 0 Å². The van der Waals surface area contributed by atoms with Crippen molar-refractivity contribution in [3.8, 4) is 0 Å². The highest BCUT2D eigenvalue weighted by atomic mass is 16.2. The third kappa shape index (κ3) is 3.99. The van der Waals surface area contributed by atoms with Crippen molar-refractivity contribution in [2.45, 2.75) is 33.2 Å². The molecule has 0 radical (unpaired) electrons. The van der Waals surface area contributed by atoms with E-state index in [-0.39, 0.29) is 5.91 Å². The first-order valence-electron chi connectivity index (χ1n) is 8.92. The minimum Gasteiger partial charge on any atom is -0.304 e. The van der Waals surface area contributed by atoms with Crippen LogP contribution in [0.15, 0.2) is 73.1 Å². The maximum absolute atomic E-state index is 13.2. The highest BCUT2D eigenvalue weighted by molar-refractivity contribution is 6.06. The molecule has 1 amide bonds. The number of carbonyl (C=O) groups is 1. The topological polar surface area (TPSA) is 33.2 Å². The maximum atomic E-state index is 13.2. The molecule has 0 saturated carbocycles. The van der Waals surface area contributed by atoms with Gasteiger partial charge in [0, 0.05) is 23.6 Å². The number of anilines is 1. The van der Waals surface area contributed by atoms with Crippen molar-refractivity contribution in [1.29, 1.82) is 0 Å². The van der Waals surface area contributed by atoms with Crippen LogP contribution in [0.3, 0.4) is 0 Å². The van der Waals surface area contributed by atoms with E-state index in [9.17, 15) is 4.79 Å². The summed E-state index contributed by atoms with van der Waals surface area (Å²) in [4.78, 5) is 19.2. The molecule has 3 aromatic rings. The minimum atomic E-state index is -0.0102. The van der Waals surface area contributed by atoms with E-state index in [1.54, 1.807) is 18.5 Å². The molecule has 0 N–H and O–H groups in total. The van der Waals surface area contributed by atoms with E-state index in [4.69, 9.17) is 0 Å². The number of para-hydroxylation sites is 1. The van der Waals surface area contributed by atoms with Gasteiger partial charge in [0.05, 0.1) is 6.54 Å². The number of benzene rings is 2. The van der Waals surface area contributed by atoms with Crippen molar-refractivity contribution < 1.29 is 4.79 Å². The first-order chi connectivity index (χ1) is 12.6. The van der Waals surface area contributed by atoms with E-state index in [0.29, 0.717) is 18.0 Å². The van der Waals surface area contributed by atoms with Gasteiger partial charge in [-0.3, -0.25) is 9.78 Å². The highest BCUT2D eigenvalue weighted by Gasteiger charge is 2.19. The van der Waals surface area contributed by atoms with Crippen LogP contribution in [0, 0.1) is 6.92 Å². The van der Waals surface area contributed by atoms with Gasteiger partial charge in [-0.2, -0.15) is 0 Å². The lowest BCUT2D eigenvalue weighted by molar-refractivity contribution is 0.0984. The lowest BCUT2D eigenvalue weighted by Gasteiger charge is -2.24. The quantitative estimate of drug-likeness (QED) is 0.624. The van der Waals surface area contributed by atoms with E-state index in [1.165, 1.54) is 5.56 Å². The van der Waals surface area contributed by atoms with Crippen LogP contribution in [-0.4, -0.2) is 10.9 Å². The van der Waals surface area contributed by atoms with Crippen LogP contribution in [0.4, 0.5) is 5.69 Å². The summed E-state index contributed by atoms with van der Waals surface area (Å²) in [5, 5.41) is 0. The molecule has 26 heavy (non-hydrogen) atoms. The average Bonchev–Trinajstić information content (AvgIpc) is 2.67. The minimum absolute atomic E-state index is 0.0102. The molecule has 132 valence electrons. The van der Waals surface area contributed by atoms with Gasteiger partial charge in [0.25, 0.3) is 5.91 Å². The third-order valence-corrected chi connectivity index (χ3v) is 4.55. The Hall–Kier alpha value is -2.94. The molecule has 3 rings (SSSR count). The molecule has 1 aromatic heterocycles. The normalized spacial score (nSPS) is 10.8. The van der Waals surface area contributed by atoms with Crippen LogP contribution in [0.25, 0.3) is 0 Å². The van der Waals surface area contributed by atoms with Crippen molar-refractivity contribution in [3.63, 3.8) is 0 Å². The smallest absolute Gasteiger partial charge is 0.258 e. The molecule has 0 aliphatic carbocycles. The van der Waals surface area contributed by atoms with Gasteiger partial charge < -0.3 is 4.90 Å². The lowest BCUT2D eigenvalue weighted by atomic mass is 10.0. The number of aryl methyl sites for hydroxylation is 1. The Bertz CT molecular complexity index is 870. The molecule has 0 aliphatic heterocycles. The predicted molar refractivity (Wildman–Crippen MR) is 106 cm³/mol. The summed E-state index contributed by atoms with van der Waals surface area (Å²) in [6, 6.07) is 20.1. The Labute approximate surface area is 155 Å². The van der Waals surface area contributed by atoms with Crippen molar-refractivity contribution >= 4 is 11.6 Å². The Balaban J connectivity index is 1.94. The summed E-state index contributed by atoms with van der Waals surface area (Å²) < 4.78 is 0. The first-order valence-corrected chi connectivity index (χ1v) is 8.92. The van der Waals surface area contributed by atoms with E-state index >= 15 is 0 Å². The molecule has 3 heteroatoms. The Morgan fingerprint density at radius 1 is 1.00 bits per heavy atom. The summed E-state index contributed by atoms with van der Waals surface area (Å²) in [7, 11) is 0. The predicted octanol–water partition coefficient (Wildman–Crippen LogP) is 5.36. The zero-order valence-electron chi connectivity index (χ0n) is 15.5. The molecule has 0 saturated heterocycles. The second kappa shape index (κ2) is 7.96. The Morgan fingerprint density at radius 2 is 1.69 bits per heavy atom. The Morgan fingerprint density at radius 3 is 2.31 bits per heavy atom. The van der Waals surface area contributed by atoms with E-state index in [2.05, 4.69) is 43.1 Å². The van der Waals surface area contributed by atoms with E-state index in [1.807, 2.05) is 42.2 Å². The zero-order chi connectivity index (χ0) is 18.5. The molecule has 0 fully saturated rings. The molecule has 3 nitrogen and oxygen atoms in total. The molecule has 0 spiro atoms. The Kier molecular flexibility index (Phi) is 5.47. The fourth-order valence-electron chi connectivity index (χ4n) is 2.94. The molecular formula is C23H24N2O. The maximum Gasteiger partial charge on any atom is 0.258 e. The highest BCUT2D eigenvalue weighted by Crippen LogP contribution is 2.22. The second-order valence-corrected chi connectivity index (χ2v) is 6.81. The van der Waals surface area contributed by atoms with Gasteiger partial charge in [0.1, 0.15) is 0 Å². The summed E-state index contributed by atoms with van der Waals surface area (Å²) in [5.74, 6) is 0.486. The fourth-order valence-corrected chi connectivity index (χ4v) is 2.94. The number of aromatic nitrogens is 1. The van der Waals surface area contributed by atoms with Crippen molar-refractivity contribution in [2.24, 2.45) is 0 Å². The zero-order valence-corrected chi connectivity index (χ0v) is 15.5. The molecule has 0 bridgehead atoms. The third-order valence-electron chi connectivity index (χ3n) is 4.55. The monoisotopic (exact) mass is 344 g/mol. The summed E-state index contributed by atoms with van der Waals surface area (Å²) in [6.07, 6.45) is 3.40. The van der Waals surface area contributed by atoms with Crippen LogP contribution >= 0.6 is 0 Å². The number of rotatable bonds is 5. The van der Waals surface area contributed by atoms with Gasteiger partial charge in [-0.1, -0.05) is 56.3 Å². The van der Waals surface area contributed by atoms with Crippen LogP contribution in [0.5, 0.6) is 0 Å². The molecule has 0 atom stereocenters. The molecule has 1 heterocycles. The van der Waals surface area contributed by atoms with Gasteiger partial charge in [-0.05, 0) is 47.7 Å². The van der Waals surface area contributed by atoms with Gasteiger partial charge >= 0.3 is 0 Å². The number of amides is 1. The number of nitrogens with zero attached hydrogens (tertiary/aromatic N) is 2. The number of hydrogen-bond donors (Lipinski definition) is 0. The summed E-state index contributed by atoms with van der Waals surface area (Å²) in [6.45, 7) is 6.81. The molecular weight excluding hydrogens is 320 g/mol. The standard InChI is InChI=1S/C23H24N2O/c1-17(2)20-11-9-19(10-12-20)16-25(21-7-5-4-6-8-21)23(26)22-13-14-24-15-18(22)3/h4-15,17H,16H2,1-3H3. The van der Waals surface area contributed by atoms with Crippen LogP contribution in [0.2, 0.25) is 0 Å². The summed E-state index contributed by atoms with van der Waals surface area (Å²) in [5.41, 5.74) is 4.87. The number of hydrogen-bond acceptors (Lipinski definition) is 2. The van der Waals surface area contributed by atoms with Gasteiger partial charge in [-0.15, -0.1) is 0 Å². The van der Waals surface area contributed by atoms with Crippen LogP contribution < -0.4 is 4.90 Å². The van der Waals surface area contributed by atoms with Crippen molar-refractivity contribution in [3.05, 3.63) is 95.3 Å². The number of carbonyl (C=O) groups excluding carboxylic acids is 1. The van der Waals surface area contributed by atoms with Crippen LogP contribution in [-0.2, 0) is 6.54 Å². The van der Waals surface area contributed by atoms with Crippen LogP contribution in [0.1, 0.15) is 46.8 Å². The fraction of sp³-hybridized carbons (Fsp3) is 0.217. The molecule has 0 unspecified atom stereocenters. The van der Waals surface area contributed by atoms with E-state index in [0.717, 1.165) is 16.8 Å². The van der Waals surface area contributed by atoms with Crippen molar-refractivity contribution in [2.75, 3.05) is 4.90 Å². The lowest BCUT2D eigenvalue weighted by Crippen LogP contribution is -2.31. The first kappa shape index (κ1) is 17.9. The second-order valence-electron chi connectivity index (χ2n) is 6.81. The van der Waals surface area contributed by atoms with Crippen molar-refractivity contribution in [1.82, 2.24) is 4.98 Å². The van der Waals surface area contributed by atoms with Gasteiger partial charge in [0.15, 0.2) is 0 Å². The van der Waals surface area contributed by atoms with Gasteiger partial charge in [0.2, 0.25) is 0 Å². The SMILES string of the molecule is Cc1cnccc1C(=O)N(Cc1ccc(C(C)C)cc1)c1ccccc1. The summed E-state index contributed by atoms with van der Waals surface area (Å²) >= 11 is 0. The molecule has 2 aromatic carbocycles.